The van der Waals surface area contributed by atoms with E-state index in [1.807, 2.05) is 26.4 Å². The third kappa shape index (κ3) is 5.07. The quantitative estimate of drug-likeness (QED) is 0.791. The minimum atomic E-state index is -0.139. The van der Waals surface area contributed by atoms with Crippen LogP contribution in [0.15, 0.2) is 36.7 Å². The number of aromatic nitrogens is 2. The van der Waals surface area contributed by atoms with Crippen molar-refractivity contribution in [2.45, 2.75) is 6.92 Å². The van der Waals surface area contributed by atoms with Crippen molar-refractivity contribution in [2.75, 3.05) is 49.5 Å². The first-order valence-electron chi connectivity index (χ1n) is 9.19. The van der Waals surface area contributed by atoms with E-state index in [1.165, 1.54) is 0 Å². The largest absolute Gasteiger partial charge is 0.366 e. The lowest BCUT2D eigenvalue weighted by atomic mass is 10.2. The predicted molar refractivity (Wildman–Crippen MR) is 105 cm³/mol. The monoisotopic (exact) mass is 370 g/mol. The summed E-state index contributed by atoms with van der Waals surface area (Å²) in [7, 11) is 1.91. The number of carbonyl (C=O) groups is 2. The minimum Gasteiger partial charge on any atom is -0.366 e. The summed E-state index contributed by atoms with van der Waals surface area (Å²) in [5.41, 5.74) is 2.29. The van der Waals surface area contributed by atoms with Gasteiger partial charge in [-0.25, -0.2) is 0 Å². The van der Waals surface area contributed by atoms with E-state index in [1.54, 1.807) is 28.9 Å². The summed E-state index contributed by atoms with van der Waals surface area (Å²) in [6.45, 7) is 6.16. The molecule has 8 nitrogen and oxygen atoms in total. The standard InChI is InChI=1S/C19H26N6O2/c1-3-20-19(27)15-5-4-6-16(11-15)22-18(26)14-24-7-9-25(10-8-24)17-12-21-23(2)13-17/h4-6,11-13H,3,7-10,14H2,1-2H3,(H,20,27)(H,22,26). The zero-order chi connectivity index (χ0) is 19.2. The summed E-state index contributed by atoms with van der Waals surface area (Å²) in [6.07, 6.45) is 3.87. The van der Waals surface area contributed by atoms with Crippen LogP contribution in [-0.4, -0.2) is 65.8 Å². The molecule has 27 heavy (non-hydrogen) atoms. The SMILES string of the molecule is CCNC(=O)c1cccc(NC(=O)CN2CCN(c3cnn(C)c3)CC2)c1. The van der Waals surface area contributed by atoms with Crippen molar-refractivity contribution in [3.63, 3.8) is 0 Å². The molecule has 1 saturated heterocycles. The number of hydrogen-bond donors (Lipinski definition) is 2. The lowest BCUT2D eigenvalue weighted by molar-refractivity contribution is -0.117. The van der Waals surface area contributed by atoms with Crippen LogP contribution in [0.2, 0.25) is 0 Å². The van der Waals surface area contributed by atoms with Crippen LogP contribution in [0.3, 0.4) is 0 Å². The van der Waals surface area contributed by atoms with E-state index in [2.05, 4.69) is 25.5 Å². The number of piperazine rings is 1. The molecule has 1 aliphatic heterocycles. The van der Waals surface area contributed by atoms with Crippen LogP contribution >= 0.6 is 0 Å². The van der Waals surface area contributed by atoms with Crippen LogP contribution in [0.4, 0.5) is 11.4 Å². The maximum Gasteiger partial charge on any atom is 0.251 e. The number of nitrogens with zero attached hydrogens (tertiary/aromatic N) is 4. The van der Waals surface area contributed by atoms with Crippen molar-refractivity contribution in [1.82, 2.24) is 20.0 Å². The first-order valence-corrected chi connectivity index (χ1v) is 9.19. The predicted octanol–water partition coefficient (Wildman–Crippen LogP) is 0.931. The summed E-state index contributed by atoms with van der Waals surface area (Å²) < 4.78 is 1.80. The highest BCUT2D eigenvalue weighted by Gasteiger charge is 2.20. The Kier molecular flexibility index (Phi) is 6.08. The van der Waals surface area contributed by atoms with Crippen LogP contribution in [-0.2, 0) is 11.8 Å². The minimum absolute atomic E-state index is 0.0714. The van der Waals surface area contributed by atoms with Crippen LogP contribution in [0.1, 0.15) is 17.3 Å². The van der Waals surface area contributed by atoms with Gasteiger partial charge >= 0.3 is 0 Å². The third-order valence-corrected chi connectivity index (χ3v) is 4.54. The molecule has 1 aromatic carbocycles. The third-order valence-electron chi connectivity index (χ3n) is 4.54. The molecule has 8 heteroatoms. The second-order valence-corrected chi connectivity index (χ2v) is 6.62. The van der Waals surface area contributed by atoms with Gasteiger partial charge in [0.1, 0.15) is 0 Å². The highest BCUT2D eigenvalue weighted by Crippen LogP contribution is 2.15. The van der Waals surface area contributed by atoms with Gasteiger partial charge in [-0.3, -0.25) is 19.2 Å². The molecule has 0 unspecified atom stereocenters. The van der Waals surface area contributed by atoms with Crippen molar-refractivity contribution < 1.29 is 9.59 Å². The Morgan fingerprint density at radius 2 is 1.96 bits per heavy atom. The molecule has 0 bridgehead atoms. The summed E-state index contributed by atoms with van der Waals surface area (Å²) >= 11 is 0. The normalized spacial score (nSPS) is 14.8. The van der Waals surface area contributed by atoms with E-state index in [4.69, 9.17) is 0 Å². The Morgan fingerprint density at radius 3 is 2.63 bits per heavy atom. The molecule has 0 saturated carbocycles. The van der Waals surface area contributed by atoms with E-state index in [9.17, 15) is 9.59 Å². The molecule has 2 aromatic rings. The van der Waals surface area contributed by atoms with E-state index in [-0.39, 0.29) is 11.8 Å². The van der Waals surface area contributed by atoms with Gasteiger partial charge in [0.15, 0.2) is 0 Å². The van der Waals surface area contributed by atoms with Crippen molar-refractivity contribution in [3.8, 4) is 0 Å². The number of hydrogen-bond acceptors (Lipinski definition) is 5. The van der Waals surface area contributed by atoms with Crippen molar-refractivity contribution in [3.05, 3.63) is 42.2 Å². The number of aryl methyl sites for hydroxylation is 1. The molecule has 3 rings (SSSR count). The molecule has 0 spiro atoms. The van der Waals surface area contributed by atoms with Gasteiger partial charge in [0.25, 0.3) is 5.91 Å². The van der Waals surface area contributed by atoms with Crippen molar-refractivity contribution >= 4 is 23.2 Å². The second-order valence-electron chi connectivity index (χ2n) is 6.62. The first-order chi connectivity index (χ1) is 13.0. The molecule has 1 aromatic heterocycles. The maximum absolute atomic E-state index is 12.4. The fraction of sp³-hybridized carbons (Fsp3) is 0.421. The highest BCUT2D eigenvalue weighted by molar-refractivity contribution is 5.97. The zero-order valence-corrected chi connectivity index (χ0v) is 15.8. The molecule has 0 atom stereocenters. The van der Waals surface area contributed by atoms with Gasteiger partial charge in [0, 0.05) is 57.2 Å². The molecule has 1 aliphatic rings. The lowest BCUT2D eigenvalue weighted by Gasteiger charge is -2.34. The van der Waals surface area contributed by atoms with Gasteiger partial charge in [-0.2, -0.15) is 5.10 Å². The van der Waals surface area contributed by atoms with Crippen LogP contribution < -0.4 is 15.5 Å². The number of carbonyl (C=O) groups excluding carboxylic acids is 2. The van der Waals surface area contributed by atoms with E-state index >= 15 is 0 Å². The Morgan fingerprint density at radius 1 is 1.19 bits per heavy atom. The van der Waals surface area contributed by atoms with Crippen LogP contribution in [0.25, 0.3) is 0 Å². The van der Waals surface area contributed by atoms with Gasteiger partial charge in [-0.1, -0.05) is 6.07 Å². The Hall–Kier alpha value is -2.87. The second kappa shape index (κ2) is 8.68. The smallest absolute Gasteiger partial charge is 0.251 e. The molecular weight excluding hydrogens is 344 g/mol. The molecule has 0 aliphatic carbocycles. The maximum atomic E-state index is 12.4. The summed E-state index contributed by atoms with van der Waals surface area (Å²) in [5, 5.41) is 9.85. The van der Waals surface area contributed by atoms with Gasteiger partial charge in [-0.05, 0) is 25.1 Å². The highest BCUT2D eigenvalue weighted by atomic mass is 16.2. The van der Waals surface area contributed by atoms with E-state index in [0.717, 1.165) is 31.9 Å². The lowest BCUT2D eigenvalue weighted by Crippen LogP contribution is -2.48. The molecular formula is C19H26N6O2. The fourth-order valence-electron chi connectivity index (χ4n) is 3.14. The molecule has 0 radical (unpaired) electrons. The topological polar surface area (TPSA) is 82.5 Å². The number of amides is 2. The molecule has 2 heterocycles. The van der Waals surface area contributed by atoms with Crippen LogP contribution in [0.5, 0.6) is 0 Å². The summed E-state index contributed by atoms with van der Waals surface area (Å²) in [4.78, 5) is 28.7. The van der Waals surface area contributed by atoms with E-state index in [0.29, 0.717) is 24.3 Å². The first kappa shape index (κ1) is 18.9. The average molecular weight is 370 g/mol. The Bertz CT molecular complexity index is 795. The Balaban J connectivity index is 1.49. The summed E-state index contributed by atoms with van der Waals surface area (Å²) in [6, 6.07) is 7.00. The molecule has 144 valence electrons. The number of anilines is 2. The number of nitrogens with one attached hydrogen (secondary N) is 2. The fourth-order valence-corrected chi connectivity index (χ4v) is 3.14. The van der Waals surface area contributed by atoms with Crippen LogP contribution in [0, 0.1) is 0 Å². The Labute approximate surface area is 159 Å². The van der Waals surface area contributed by atoms with E-state index < -0.39 is 0 Å². The van der Waals surface area contributed by atoms with Crippen molar-refractivity contribution in [2.24, 2.45) is 7.05 Å². The zero-order valence-electron chi connectivity index (χ0n) is 15.8. The molecule has 2 amide bonds. The number of benzene rings is 1. The average Bonchev–Trinajstić information content (AvgIpc) is 3.09. The van der Waals surface area contributed by atoms with Crippen molar-refractivity contribution in [1.29, 1.82) is 0 Å². The number of rotatable bonds is 6. The van der Waals surface area contributed by atoms with Gasteiger partial charge in [0.2, 0.25) is 5.91 Å². The molecule has 1 fully saturated rings. The molecule has 2 N–H and O–H groups in total. The van der Waals surface area contributed by atoms with Gasteiger partial charge in [0.05, 0.1) is 18.4 Å². The van der Waals surface area contributed by atoms with Gasteiger partial charge < -0.3 is 15.5 Å². The summed E-state index contributed by atoms with van der Waals surface area (Å²) in [5.74, 6) is -0.210. The van der Waals surface area contributed by atoms with Gasteiger partial charge in [-0.15, -0.1) is 0 Å².